The predicted molar refractivity (Wildman–Crippen MR) is 69.8 cm³/mol. The van der Waals surface area contributed by atoms with Gasteiger partial charge in [0, 0.05) is 12.1 Å². The molecular formula is C14H21NO2. The smallest absolute Gasteiger partial charge is 0.224 e. The van der Waals surface area contributed by atoms with Crippen molar-refractivity contribution >= 4 is 11.6 Å². The Morgan fingerprint density at radius 1 is 1.29 bits per heavy atom. The van der Waals surface area contributed by atoms with E-state index < -0.39 is 6.10 Å². The lowest BCUT2D eigenvalue weighted by Crippen LogP contribution is -2.11. The van der Waals surface area contributed by atoms with Crippen molar-refractivity contribution in [2.24, 2.45) is 0 Å². The zero-order valence-electron chi connectivity index (χ0n) is 10.6. The highest BCUT2D eigenvalue weighted by molar-refractivity contribution is 5.90. The van der Waals surface area contributed by atoms with Gasteiger partial charge in [-0.2, -0.15) is 0 Å². The Hall–Kier alpha value is -1.35. The molecule has 0 aliphatic rings. The number of aliphatic hydroxyl groups is 1. The minimum Gasteiger partial charge on any atom is -0.389 e. The van der Waals surface area contributed by atoms with Crippen molar-refractivity contribution in [1.82, 2.24) is 0 Å². The van der Waals surface area contributed by atoms with Crippen LogP contribution in [-0.4, -0.2) is 11.0 Å². The van der Waals surface area contributed by atoms with E-state index in [0.717, 1.165) is 30.5 Å². The Morgan fingerprint density at radius 2 is 1.94 bits per heavy atom. The summed E-state index contributed by atoms with van der Waals surface area (Å²) in [7, 11) is 0. The van der Waals surface area contributed by atoms with Crippen molar-refractivity contribution in [2.45, 2.75) is 45.6 Å². The first-order chi connectivity index (χ1) is 8.13. The molecular weight excluding hydrogens is 214 g/mol. The fourth-order valence-corrected chi connectivity index (χ4v) is 1.60. The molecule has 1 aromatic rings. The van der Waals surface area contributed by atoms with Gasteiger partial charge in [0.1, 0.15) is 0 Å². The number of rotatable bonds is 6. The predicted octanol–water partition coefficient (Wildman–Crippen LogP) is 3.26. The van der Waals surface area contributed by atoms with E-state index in [1.807, 2.05) is 24.3 Å². The maximum Gasteiger partial charge on any atom is 0.224 e. The van der Waals surface area contributed by atoms with E-state index in [2.05, 4.69) is 12.2 Å². The summed E-state index contributed by atoms with van der Waals surface area (Å²) in [6.07, 6.45) is 3.26. The van der Waals surface area contributed by atoms with E-state index in [-0.39, 0.29) is 5.91 Å². The number of aliphatic hydroxyl groups excluding tert-OH is 1. The van der Waals surface area contributed by atoms with E-state index in [9.17, 15) is 9.90 Å². The van der Waals surface area contributed by atoms with Crippen LogP contribution in [0, 0.1) is 0 Å². The molecule has 0 aliphatic heterocycles. The minimum absolute atomic E-state index is 0.0586. The Kier molecular flexibility index (Phi) is 5.70. The number of unbranched alkanes of at least 4 members (excludes halogenated alkanes) is 2. The average Bonchev–Trinajstić information content (AvgIpc) is 2.30. The van der Waals surface area contributed by atoms with Crippen LogP contribution in [0.25, 0.3) is 0 Å². The van der Waals surface area contributed by atoms with Crippen LogP contribution in [-0.2, 0) is 4.79 Å². The second-order valence-electron chi connectivity index (χ2n) is 4.30. The third-order valence-corrected chi connectivity index (χ3v) is 2.68. The van der Waals surface area contributed by atoms with Crippen molar-refractivity contribution in [3.8, 4) is 0 Å². The van der Waals surface area contributed by atoms with Crippen LogP contribution in [0.4, 0.5) is 5.69 Å². The van der Waals surface area contributed by atoms with Gasteiger partial charge in [0.2, 0.25) is 5.91 Å². The fourth-order valence-electron chi connectivity index (χ4n) is 1.60. The van der Waals surface area contributed by atoms with Crippen LogP contribution in [0.3, 0.4) is 0 Å². The molecule has 3 nitrogen and oxygen atoms in total. The molecule has 0 heterocycles. The summed E-state index contributed by atoms with van der Waals surface area (Å²) in [5.41, 5.74) is 1.64. The zero-order chi connectivity index (χ0) is 12.7. The number of hydrogen-bond acceptors (Lipinski definition) is 2. The van der Waals surface area contributed by atoms with Gasteiger partial charge < -0.3 is 10.4 Å². The molecule has 1 aromatic carbocycles. The molecule has 0 fully saturated rings. The SMILES string of the molecule is CCCCCC(=O)Nc1ccc(C(C)O)cc1. The summed E-state index contributed by atoms with van der Waals surface area (Å²) in [4.78, 5) is 11.5. The molecule has 17 heavy (non-hydrogen) atoms. The van der Waals surface area contributed by atoms with Gasteiger partial charge in [-0.15, -0.1) is 0 Å². The number of benzene rings is 1. The highest BCUT2D eigenvalue weighted by Crippen LogP contribution is 2.15. The van der Waals surface area contributed by atoms with E-state index in [4.69, 9.17) is 0 Å². The van der Waals surface area contributed by atoms with Crippen molar-refractivity contribution in [3.63, 3.8) is 0 Å². The third-order valence-electron chi connectivity index (χ3n) is 2.68. The van der Waals surface area contributed by atoms with Crippen molar-refractivity contribution < 1.29 is 9.90 Å². The van der Waals surface area contributed by atoms with Gasteiger partial charge >= 0.3 is 0 Å². The largest absolute Gasteiger partial charge is 0.389 e. The molecule has 1 unspecified atom stereocenters. The lowest BCUT2D eigenvalue weighted by molar-refractivity contribution is -0.116. The molecule has 94 valence electrons. The quantitative estimate of drug-likeness (QED) is 0.743. The highest BCUT2D eigenvalue weighted by Gasteiger charge is 2.03. The summed E-state index contributed by atoms with van der Waals surface area (Å²) >= 11 is 0. The number of anilines is 1. The van der Waals surface area contributed by atoms with Crippen LogP contribution in [0.2, 0.25) is 0 Å². The summed E-state index contributed by atoms with van der Waals surface area (Å²) in [5.74, 6) is 0.0586. The molecule has 1 amide bonds. The van der Waals surface area contributed by atoms with Crippen molar-refractivity contribution in [3.05, 3.63) is 29.8 Å². The molecule has 0 saturated carbocycles. The van der Waals surface area contributed by atoms with Crippen molar-refractivity contribution in [1.29, 1.82) is 0 Å². The van der Waals surface area contributed by atoms with Crippen LogP contribution < -0.4 is 5.32 Å². The topological polar surface area (TPSA) is 49.3 Å². The fraction of sp³-hybridized carbons (Fsp3) is 0.500. The van der Waals surface area contributed by atoms with Crippen molar-refractivity contribution in [2.75, 3.05) is 5.32 Å². The lowest BCUT2D eigenvalue weighted by atomic mass is 10.1. The molecule has 0 radical (unpaired) electrons. The second-order valence-corrected chi connectivity index (χ2v) is 4.30. The van der Waals surface area contributed by atoms with Gasteiger partial charge in [-0.3, -0.25) is 4.79 Å². The van der Waals surface area contributed by atoms with Crippen LogP contribution >= 0.6 is 0 Å². The number of hydrogen-bond donors (Lipinski definition) is 2. The number of carbonyl (C=O) groups excluding carboxylic acids is 1. The molecule has 0 aromatic heterocycles. The first-order valence-electron chi connectivity index (χ1n) is 6.21. The summed E-state index contributed by atoms with van der Waals surface area (Å²) in [6.45, 7) is 3.84. The summed E-state index contributed by atoms with van der Waals surface area (Å²) in [6, 6.07) is 7.29. The normalized spacial score (nSPS) is 12.2. The summed E-state index contributed by atoms with van der Waals surface area (Å²) in [5, 5.41) is 12.2. The Balaban J connectivity index is 2.43. The van der Waals surface area contributed by atoms with Crippen LogP contribution in [0.5, 0.6) is 0 Å². The van der Waals surface area contributed by atoms with E-state index in [0.29, 0.717) is 6.42 Å². The van der Waals surface area contributed by atoms with Gasteiger partial charge in [0.15, 0.2) is 0 Å². The molecule has 0 bridgehead atoms. The third kappa shape index (κ3) is 5.00. The Labute approximate surface area is 103 Å². The zero-order valence-corrected chi connectivity index (χ0v) is 10.6. The van der Waals surface area contributed by atoms with E-state index in [1.54, 1.807) is 6.92 Å². The van der Waals surface area contributed by atoms with Gasteiger partial charge in [0.05, 0.1) is 6.10 Å². The maximum absolute atomic E-state index is 11.5. The minimum atomic E-state index is -0.468. The van der Waals surface area contributed by atoms with Gasteiger partial charge in [0.25, 0.3) is 0 Å². The number of nitrogens with one attached hydrogen (secondary N) is 1. The Bertz CT molecular complexity index is 344. The van der Waals surface area contributed by atoms with E-state index >= 15 is 0 Å². The lowest BCUT2D eigenvalue weighted by Gasteiger charge is -2.07. The molecule has 0 aliphatic carbocycles. The van der Waals surface area contributed by atoms with Gasteiger partial charge in [-0.1, -0.05) is 31.9 Å². The summed E-state index contributed by atoms with van der Waals surface area (Å²) < 4.78 is 0. The monoisotopic (exact) mass is 235 g/mol. The van der Waals surface area contributed by atoms with Crippen LogP contribution in [0.1, 0.15) is 51.2 Å². The maximum atomic E-state index is 11.5. The Morgan fingerprint density at radius 3 is 2.47 bits per heavy atom. The van der Waals surface area contributed by atoms with Gasteiger partial charge in [-0.05, 0) is 31.0 Å². The average molecular weight is 235 g/mol. The highest BCUT2D eigenvalue weighted by atomic mass is 16.3. The molecule has 0 saturated heterocycles. The van der Waals surface area contributed by atoms with E-state index in [1.165, 1.54) is 0 Å². The van der Waals surface area contributed by atoms with Crippen LogP contribution in [0.15, 0.2) is 24.3 Å². The molecule has 3 heteroatoms. The molecule has 1 atom stereocenters. The van der Waals surface area contributed by atoms with Gasteiger partial charge in [-0.25, -0.2) is 0 Å². The standard InChI is InChI=1S/C14H21NO2/c1-3-4-5-6-14(17)15-13-9-7-12(8-10-13)11(2)16/h7-11,16H,3-6H2,1-2H3,(H,15,17). The second kappa shape index (κ2) is 7.07. The molecule has 2 N–H and O–H groups in total. The molecule has 0 spiro atoms. The molecule has 1 rings (SSSR count). The number of amides is 1. The number of carbonyl (C=O) groups is 1. The first kappa shape index (κ1) is 13.7. The first-order valence-corrected chi connectivity index (χ1v) is 6.21.